The van der Waals surface area contributed by atoms with Crippen LogP contribution in [-0.4, -0.2) is 31.2 Å². The number of anilines is 1. The number of carbonyl (C=O) groups is 1. The van der Waals surface area contributed by atoms with E-state index in [1.165, 1.54) is 4.31 Å². The molecule has 0 radical (unpaired) electrons. The van der Waals surface area contributed by atoms with E-state index in [1.54, 1.807) is 36.4 Å². The van der Waals surface area contributed by atoms with Crippen LogP contribution in [0.5, 0.6) is 0 Å². The van der Waals surface area contributed by atoms with Gasteiger partial charge in [0.15, 0.2) is 0 Å². The Morgan fingerprint density at radius 1 is 1.08 bits per heavy atom. The number of hydrogen-bond donors (Lipinski definition) is 1. The van der Waals surface area contributed by atoms with E-state index in [4.69, 9.17) is 0 Å². The van der Waals surface area contributed by atoms with Gasteiger partial charge in [-0.05, 0) is 55.3 Å². The molecule has 1 N–H and O–H groups in total. The Bertz CT molecular complexity index is 885. The lowest BCUT2D eigenvalue weighted by Crippen LogP contribution is -2.43. The zero-order valence-electron chi connectivity index (χ0n) is 13.2. The maximum absolute atomic E-state index is 12.9. The molecule has 1 amide bonds. The highest BCUT2D eigenvalue weighted by molar-refractivity contribution is 9.10. The van der Waals surface area contributed by atoms with Crippen LogP contribution >= 0.6 is 31.9 Å². The van der Waals surface area contributed by atoms with Crippen molar-refractivity contribution in [3.8, 4) is 0 Å². The van der Waals surface area contributed by atoms with E-state index >= 15 is 0 Å². The van der Waals surface area contributed by atoms with Gasteiger partial charge in [-0.3, -0.25) is 4.79 Å². The lowest BCUT2D eigenvalue weighted by atomic mass is 10.2. The molecule has 1 unspecified atom stereocenters. The van der Waals surface area contributed by atoms with Crippen LogP contribution in [0, 0.1) is 0 Å². The smallest absolute Gasteiger partial charge is 0.243 e. The van der Waals surface area contributed by atoms with Crippen LogP contribution in [0.15, 0.2) is 62.4 Å². The molecule has 1 saturated heterocycles. The molecule has 2 aromatic carbocycles. The normalized spacial score (nSPS) is 18.2. The Morgan fingerprint density at radius 3 is 2.48 bits per heavy atom. The van der Waals surface area contributed by atoms with Crippen molar-refractivity contribution >= 4 is 53.5 Å². The minimum atomic E-state index is -3.71. The van der Waals surface area contributed by atoms with Crippen LogP contribution in [0.1, 0.15) is 12.8 Å². The highest BCUT2D eigenvalue weighted by Gasteiger charge is 2.39. The molecule has 1 fully saturated rings. The number of benzene rings is 2. The summed E-state index contributed by atoms with van der Waals surface area (Å²) < 4.78 is 28.7. The highest BCUT2D eigenvalue weighted by atomic mass is 79.9. The molecule has 0 aliphatic carbocycles. The largest absolute Gasteiger partial charge is 0.325 e. The predicted octanol–water partition coefficient (Wildman–Crippen LogP) is 4.00. The molecule has 0 aromatic heterocycles. The summed E-state index contributed by atoms with van der Waals surface area (Å²) in [4.78, 5) is 12.8. The van der Waals surface area contributed by atoms with Crippen molar-refractivity contribution in [3.05, 3.63) is 57.5 Å². The van der Waals surface area contributed by atoms with E-state index in [9.17, 15) is 13.2 Å². The fraction of sp³-hybridized carbons (Fsp3) is 0.235. The van der Waals surface area contributed by atoms with Gasteiger partial charge >= 0.3 is 0 Å². The fourth-order valence-electron chi connectivity index (χ4n) is 2.82. The number of hydrogen-bond acceptors (Lipinski definition) is 3. The predicted molar refractivity (Wildman–Crippen MR) is 104 cm³/mol. The van der Waals surface area contributed by atoms with E-state index < -0.39 is 16.1 Å². The van der Waals surface area contributed by atoms with Gasteiger partial charge in [-0.25, -0.2) is 8.42 Å². The number of rotatable bonds is 4. The summed E-state index contributed by atoms with van der Waals surface area (Å²) in [6, 6.07) is 13.0. The van der Waals surface area contributed by atoms with Gasteiger partial charge in [0.2, 0.25) is 15.9 Å². The Morgan fingerprint density at radius 2 is 1.80 bits per heavy atom. The lowest BCUT2D eigenvalue weighted by Gasteiger charge is -2.23. The molecular weight excluding hydrogens is 472 g/mol. The van der Waals surface area contributed by atoms with Gasteiger partial charge in [0.1, 0.15) is 6.04 Å². The number of amides is 1. The average molecular weight is 488 g/mol. The number of halogens is 2. The second-order valence-corrected chi connectivity index (χ2v) is 9.45. The van der Waals surface area contributed by atoms with Crippen molar-refractivity contribution in [1.29, 1.82) is 0 Å². The number of nitrogens with zero attached hydrogens (tertiary/aromatic N) is 1. The average Bonchev–Trinajstić information content (AvgIpc) is 3.06. The van der Waals surface area contributed by atoms with Crippen LogP contribution in [0.2, 0.25) is 0 Å². The van der Waals surface area contributed by atoms with Crippen molar-refractivity contribution in [2.75, 3.05) is 11.9 Å². The SMILES string of the molecule is O=C(Nc1cccc(Br)c1)C1CCCN1S(=O)(=O)c1ccc(Br)cc1. The third-order valence-corrected chi connectivity index (χ3v) is 6.96. The molecule has 0 saturated carbocycles. The molecule has 25 heavy (non-hydrogen) atoms. The maximum atomic E-state index is 12.9. The van der Waals surface area contributed by atoms with Gasteiger partial charge in [-0.15, -0.1) is 0 Å². The van der Waals surface area contributed by atoms with Crippen molar-refractivity contribution in [2.45, 2.75) is 23.8 Å². The first kappa shape index (κ1) is 18.6. The third-order valence-electron chi connectivity index (χ3n) is 4.02. The van der Waals surface area contributed by atoms with Crippen LogP contribution in [-0.2, 0) is 14.8 Å². The molecule has 5 nitrogen and oxygen atoms in total. The maximum Gasteiger partial charge on any atom is 0.243 e. The first-order valence-corrected chi connectivity index (χ1v) is 10.7. The minimum absolute atomic E-state index is 0.192. The van der Waals surface area contributed by atoms with Crippen molar-refractivity contribution in [3.63, 3.8) is 0 Å². The van der Waals surface area contributed by atoms with Gasteiger partial charge in [0.05, 0.1) is 4.90 Å². The minimum Gasteiger partial charge on any atom is -0.325 e. The zero-order valence-corrected chi connectivity index (χ0v) is 17.1. The molecule has 0 spiro atoms. The van der Waals surface area contributed by atoms with Crippen LogP contribution in [0.3, 0.4) is 0 Å². The summed E-state index contributed by atoms with van der Waals surface area (Å²) in [7, 11) is -3.71. The fourth-order valence-corrected chi connectivity index (χ4v) is 5.14. The summed E-state index contributed by atoms with van der Waals surface area (Å²) in [6.45, 7) is 0.342. The Labute approximate surface area is 163 Å². The summed E-state index contributed by atoms with van der Waals surface area (Å²) in [5.41, 5.74) is 0.632. The highest BCUT2D eigenvalue weighted by Crippen LogP contribution is 2.28. The van der Waals surface area contributed by atoms with E-state index in [2.05, 4.69) is 37.2 Å². The van der Waals surface area contributed by atoms with E-state index in [1.807, 2.05) is 12.1 Å². The summed E-state index contributed by atoms with van der Waals surface area (Å²) >= 11 is 6.65. The van der Waals surface area contributed by atoms with Gasteiger partial charge in [-0.2, -0.15) is 4.31 Å². The summed E-state index contributed by atoms with van der Waals surface area (Å²) in [5.74, 6) is -0.309. The topological polar surface area (TPSA) is 66.5 Å². The molecule has 132 valence electrons. The van der Waals surface area contributed by atoms with E-state index in [0.717, 1.165) is 8.95 Å². The van der Waals surface area contributed by atoms with Gasteiger partial charge < -0.3 is 5.32 Å². The third kappa shape index (κ3) is 4.13. The van der Waals surface area contributed by atoms with Gasteiger partial charge in [0.25, 0.3) is 0 Å². The molecular formula is C17H16Br2N2O3S. The number of sulfonamides is 1. The number of carbonyl (C=O) groups excluding carboxylic acids is 1. The second-order valence-electron chi connectivity index (χ2n) is 5.73. The van der Waals surface area contributed by atoms with E-state index in [0.29, 0.717) is 25.1 Å². The lowest BCUT2D eigenvalue weighted by molar-refractivity contribution is -0.119. The first-order chi connectivity index (χ1) is 11.9. The Kier molecular flexibility index (Phi) is 5.62. The Hall–Kier alpha value is -1.22. The standard InChI is InChI=1S/C17H16Br2N2O3S/c18-12-6-8-15(9-7-12)25(23,24)21-10-2-5-16(21)17(22)20-14-4-1-3-13(19)11-14/h1,3-4,6-9,11,16H,2,5,10H2,(H,20,22). The first-order valence-electron chi connectivity index (χ1n) is 7.72. The van der Waals surface area contributed by atoms with E-state index in [-0.39, 0.29) is 10.8 Å². The molecule has 2 aromatic rings. The molecule has 8 heteroatoms. The summed E-state index contributed by atoms with van der Waals surface area (Å²) in [6.07, 6.45) is 1.17. The van der Waals surface area contributed by atoms with Crippen LogP contribution < -0.4 is 5.32 Å². The molecule has 1 aliphatic rings. The van der Waals surface area contributed by atoms with Crippen molar-refractivity contribution < 1.29 is 13.2 Å². The quantitative estimate of drug-likeness (QED) is 0.708. The monoisotopic (exact) mass is 486 g/mol. The zero-order chi connectivity index (χ0) is 18.0. The van der Waals surface area contributed by atoms with Crippen LogP contribution in [0.4, 0.5) is 5.69 Å². The molecule has 3 rings (SSSR count). The van der Waals surface area contributed by atoms with Crippen molar-refractivity contribution in [1.82, 2.24) is 4.31 Å². The summed E-state index contributed by atoms with van der Waals surface area (Å²) in [5, 5.41) is 2.80. The van der Waals surface area contributed by atoms with Gasteiger partial charge in [-0.1, -0.05) is 37.9 Å². The molecule has 1 atom stereocenters. The molecule has 1 heterocycles. The van der Waals surface area contributed by atoms with Crippen LogP contribution in [0.25, 0.3) is 0 Å². The molecule has 1 aliphatic heterocycles. The number of nitrogens with one attached hydrogen (secondary N) is 1. The van der Waals surface area contributed by atoms with Crippen molar-refractivity contribution in [2.24, 2.45) is 0 Å². The molecule has 0 bridgehead atoms. The Balaban J connectivity index is 1.82. The van der Waals surface area contributed by atoms with Gasteiger partial charge in [0, 0.05) is 21.2 Å². The second kappa shape index (κ2) is 7.57.